The minimum atomic E-state index is -4.54. The van der Waals surface area contributed by atoms with Crippen LogP contribution >= 0.6 is 0 Å². The molecule has 0 N–H and O–H groups in total. The third kappa shape index (κ3) is 3.96. The summed E-state index contributed by atoms with van der Waals surface area (Å²) in [5, 5.41) is 6.65. The van der Waals surface area contributed by atoms with E-state index in [2.05, 4.69) is 10.2 Å². The summed E-state index contributed by atoms with van der Waals surface area (Å²) >= 11 is 0. The zero-order valence-corrected chi connectivity index (χ0v) is 14.2. The normalized spacial score (nSPS) is 26.0. The van der Waals surface area contributed by atoms with E-state index in [1.807, 2.05) is 0 Å². The number of amides is 1. The Balaban J connectivity index is 1.65. The van der Waals surface area contributed by atoms with Gasteiger partial charge in [-0.3, -0.25) is 0 Å². The smallest absolute Gasteiger partial charge is 0.435 e. The second kappa shape index (κ2) is 6.03. The molecule has 1 saturated heterocycles. The number of carbonyl (C=O) groups is 1. The number of rotatable bonds is 2. The van der Waals surface area contributed by atoms with Crippen LogP contribution in [0.15, 0.2) is 12.1 Å². The number of halogens is 3. The molecule has 0 spiro atoms. The van der Waals surface area contributed by atoms with Crippen LogP contribution in [0.3, 0.4) is 0 Å². The van der Waals surface area contributed by atoms with E-state index in [1.54, 1.807) is 25.7 Å². The highest BCUT2D eigenvalue weighted by Crippen LogP contribution is 2.40. The minimum Gasteiger partial charge on any atom is -0.471 e. The molecular formula is C16H20F3N3O3. The Kier molecular flexibility index (Phi) is 4.28. The third-order valence-electron chi connectivity index (χ3n) is 4.26. The topological polar surface area (TPSA) is 64.5 Å². The number of piperidine rings is 1. The molecule has 2 heterocycles. The van der Waals surface area contributed by atoms with Crippen LogP contribution in [0, 0.1) is 5.92 Å². The largest absolute Gasteiger partial charge is 0.471 e. The van der Waals surface area contributed by atoms with Gasteiger partial charge in [0.1, 0.15) is 11.7 Å². The fourth-order valence-electron chi connectivity index (χ4n) is 3.31. The van der Waals surface area contributed by atoms with Crippen molar-refractivity contribution in [3.05, 3.63) is 17.8 Å². The predicted octanol–water partition coefficient (Wildman–Crippen LogP) is 3.27. The van der Waals surface area contributed by atoms with Crippen molar-refractivity contribution in [3.63, 3.8) is 0 Å². The summed E-state index contributed by atoms with van der Waals surface area (Å²) in [5.74, 6) is 0.319. The first-order valence-electron chi connectivity index (χ1n) is 8.10. The molecule has 138 valence electrons. The molecule has 0 aromatic carbocycles. The maximum atomic E-state index is 12.5. The summed E-state index contributed by atoms with van der Waals surface area (Å²) < 4.78 is 48.7. The average molecular weight is 359 g/mol. The molecule has 3 atom stereocenters. The summed E-state index contributed by atoms with van der Waals surface area (Å²) in [4.78, 5) is 13.9. The summed E-state index contributed by atoms with van der Waals surface area (Å²) in [7, 11) is 0. The van der Waals surface area contributed by atoms with Gasteiger partial charge in [0.05, 0.1) is 6.04 Å². The van der Waals surface area contributed by atoms with Crippen molar-refractivity contribution in [3.8, 4) is 5.88 Å². The number of fused-ring (bicyclic) bond motifs is 2. The molecule has 2 aliphatic rings. The molecule has 9 heteroatoms. The van der Waals surface area contributed by atoms with Gasteiger partial charge >= 0.3 is 12.3 Å². The monoisotopic (exact) mass is 359 g/mol. The third-order valence-corrected chi connectivity index (χ3v) is 4.26. The number of ether oxygens (including phenoxy) is 2. The fourth-order valence-corrected chi connectivity index (χ4v) is 3.31. The van der Waals surface area contributed by atoms with Crippen LogP contribution in [0.5, 0.6) is 5.88 Å². The quantitative estimate of drug-likeness (QED) is 0.811. The van der Waals surface area contributed by atoms with Crippen molar-refractivity contribution in [1.82, 2.24) is 15.1 Å². The van der Waals surface area contributed by atoms with Crippen LogP contribution < -0.4 is 4.74 Å². The zero-order chi connectivity index (χ0) is 18.4. The molecule has 2 fully saturated rings. The second-order valence-electron chi connectivity index (χ2n) is 7.45. The molecule has 1 aromatic rings. The Bertz CT molecular complexity index is 643. The Morgan fingerprint density at radius 2 is 1.92 bits per heavy atom. The van der Waals surface area contributed by atoms with Gasteiger partial charge in [-0.2, -0.15) is 13.2 Å². The van der Waals surface area contributed by atoms with E-state index in [0.717, 1.165) is 25.0 Å². The van der Waals surface area contributed by atoms with E-state index in [9.17, 15) is 18.0 Å². The van der Waals surface area contributed by atoms with Gasteiger partial charge in [0.15, 0.2) is 5.69 Å². The van der Waals surface area contributed by atoms with E-state index in [0.29, 0.717) is 12.5 Å². The number of carbonyl (C=O) groups excluding carboxylic acids is 1. The Morgan fingerprint density at radius 3 is 2.44 bits per heavy atom. The first kappa shape index (κ1) is 17.8. The van der Waals surface area contributed by atoms with E-state index >= 15 is 0 Å². The standard InChI is InChI=1S/C16H20F3N3O3/c1-15(2,3)25-14(23)22-8-9-6-10(22)11(7-9)24-13-5-4-12(20-21-13)16(17,18)19/h4-5,9-11H,6-8H2,1-3H3. The van der Waals surface area contributed by atoms with Gasteiger partial charge in [-0.05, 0) is 45.6 Å². The molecule has 1 aromatic heterocycles. The molecule has 2 bridgehead atoms. The van der Waals surface area contributed by atoms with Gasteiger partial charge in [0.2, 0.25) is 5.88 Å². The van der Waals surface area contributed by atoms with E-state index in [1.165, 1.54) is 0 Å². The number of aromatic nitrogens is 2. The lowest BCUT2D eigenvalue weighted by atomic mass is 10.1. The molecule has 6 nitrogen and oxygen atoms in total. The summed E-state index contributed by atoms with van der Waals surface area (Å²) in [6.07, 6.45) is -3.74. The molecule has 1 amide bonds. The van der Waals surface area contributed by atoms with Gasteiger partial charge < -0.3 is 14.4 Å². The van der Waals surface area contributed by atoms with Crippen molar-refractivity contribution in [2.75, 3.05) is 6.54 Å². The van der Waals surface area contributed by atoms with Crippen molar-refractivity contribution >= 4 is 6.09 Å². The Morgan fingerprint density at radius 1 is 1.20 bits per heavy atom. The number of hydrogen-bond acceptors (Lipinski definition) is 5. The summed E-state index contributed by atoms with van der Waals surface area (Å²) in [5.41, 5.74) is -1.66. The summed E-state index contributed by atoms with van der Waals surface area (Å²) in [6.45, 7) is 6.00. The molecule has 1 aliphatic carbocycles. The highest BCUT2D eigenvalue weighted by molar-refractivity contribution is 5.69. The molecule has 1 saturated carbocycles. The lowest BCUT2D eigenvalue weighted by molar-refractivity contribution is -0.141. The predicted molar refractivity (Wildman–Crippen MR) is 80.9 cm³/mol. The van der Waals surface area contributed by atoms with Gasteiger partial charge in [0, 0.05) is 12.6 Å². The van der Waals surface area contributed by atoms with Gasteiger partial charge in [-0.15, -0.1) is 10.2 Å². The molecule has 3 unspecified atom stereocenters. The molecule has 3 rings (SSSR count). The van der Waals surface area contributed by atoms with Crippen molar-refractivity contribution < 1.29 is 27.4 Å². The SMILES string of the molecule is CC(C)(C)OC(=O)N1CC2CC(Oc3ccc(C(F)(F)F)nn3)C1C2. The van der Waals surface area contributed by atoms with Gasteiger partial charge in [0.25, 0.3) is 0 Å². The first-order chi connectivity index (χ1) is 11.5. The molecule has 1 aliphatic heterocycles. The van der Waals surface area contributed by atoms with Crippen LogP contribution in [-0.4, -0.2) is 45.5 Å². The van der Waals surface area contributed by atoms with E-state index in [4.69, 9.17) is 9.47 Å². The highest BCUT2D eigenvalue weighted by Gasteiger charge is 2.49. The van der Waals surface area contributed by atoms with Crippen LogP contribution in [-0.2, 0) is 10.9 Å². The molecule has 25 heavy (non-hydrogen) atoms. The van der Waals surface area contributed by atoms with Crippen LogP contribution in [0.1, 0.15) is 39.3 Å². The number of nitrogens with zero attached hydrogens (tertiary/aromatic N) is 3. The maximum absolute atomic E-state index is 12.5. The Hall–Kier alpha value is -2.06. The lowest BCUT2D eigenvalue weighted by Crippen LogP contribution is -2.48. The highest BCUT2D eigenvalue weighted by atomic mass is 19.4. The van der Waals surface area contributed by atoms with Crippen molar-refractivity contribution in [2.24, 2.45) is 5.92 Å². The molecular weight excluding hydrogens is 339 g/mol. The average Bonchev–Trinajstić information content (AvgIpc) is 3.05. The number of likely N-dealkylation sites (tertiary alicyclic amines) is 1. The van der Waals surface area contributed by atoms with Crippen LogP contribution in [0.2, 0.25) is 0 Å². The van der Waals surface area contributed by atoms with E-state index < -0.39 is 23.6 Å². The van der Waals surface area contributed by atoms with Crippen LogP contribution in [0.4, 0.5) is 18.0 Å². The van der Waals surface area contributed by atoms with Crippen molar-refractivity contribution in [2.45, 2.75) is 57.5 Å². The molecule has 0 radical (unpaired) electrons. The van der Waals surface area contributed by atoms with E-state index in [-0.39, 0.29) is 18.0 Å². The number of alkyl halides is 3. The lowest BCUT2D eigenvalue weighted by Gasteiger charge is -2.34. The fraction of sp³-hybridized carbons (Fsp3) is 0.688. The Labute approximate surface area is 143 Å². The first-order valence-corrected chi connectivity index (χ1v) is 8.10. The maximum Gasteiger partial charge on any atom is 0.435 e. The number of hydrogen-bond donors (Lipinski definition) is 0. The second-order valence-corrected chi connectivity index (χ2v) is 7.45. The van der Waals surface area contributed by atoms with Crippen LogP contribution in [0.25, 0.3) is 0 Å². The minimum absolute atomic E-state index is 0.0229. The van der Waals surface area contributed by atoms with Crippen molar-refractivity contribution in [1.29, 1.82) is 0 Å². The van der Waals surface area contributed by atoms with Gasteiger partial charge in [-0.1, -0.05) is 0 Å². The summed E-state index contributed by atoms with van der Waals surface area (Å²) in [6, 6.07) is 1.82. The van der Waals surface area contributed by atoms with Gasteiger partial charge in [-0.25, -0.2) is 4.79 Å². The zero-order valence-electron chi connectivity index (χ0n) is 14.2.